The normalized spacial score (nSPS) is 9.94. The zero-order chi connectivity index (χ0) is 12.0. The van der Waals surface area contributed by atoms with Crippen molar-refractivity contribution >= 4 is 21.8 Å². The van der Waals surface area contributed by atoms with E-state index in [1.807, 2.05) is 19.1 Å². The summed E-state index contributed by atoms with van der Waals surface area (Å²) in [6, 6.07) is 5.51. The largest absolute Gasteiger partial charge is 0.484 e. The number of aliphatic hydroxyl groups is 1. The van der Waals surface area contributed by atoms with Gasteiger partial charge in [0.05, 0.1) is 6.61 Å². The van der Waals surface area contributed by atoms with E-state index in [4.69, 9.17) is 9.84 Å². The van der Waals surface area contributed by atoms with E-state index in [1.165, 1.54) is 0 Å². The Morgan fingerprint density at radius 3 is 2.94 bits per heavy atom. The lowest BCUT2D eigenvalue weighted by atomic mass is 10.2. The minimum Gasteiger partial charge on any atom is -0.484 e. The smallest absolute Gasteiger partial charge is 0.258 e. The van der Waals surface area contributed by atoms with E-state index in [1.54, 1.807) is 6.07 Å². The number of aliphatic hydroxyl groups excluding tert-OH is 1. The highest BCUT2D eigenvalue weighted by molar-refractivity contribution is 9.10. The van der Waals surface area contributed by atoms with Crippen LogP contribution in [0.1, 0.15) is 5.56 Å². The molecule has 0 radical (unpaired) electrons. The molecule has 5 heteroatoms. The molecule has 0 aliphatic rings. The monoisotopic (exact) mass is 287 g/mol. The number of amides is 1. The SMILES string of the molecule is Cc1cc(OCC(=O)NCCO)ccc1Br. The number of carbonyl (C=O) groups is 1. The summed E-state index contributed by atoms with van der Waals surface area (Å²) in [7, 11) is 0. The lowest BCUT2D eigenvalue weighted by molar-refractivity contribution is -0.123. The molecule has 88 valence electrons. The lowest BCUT2D eigenvalue weighted by Crippen LogP contribution is -2.31. The van der Waals surface area contributed by atoms with Gasteiger partial charge in [0, 0.05) is 11.0 Å². The molecule has 1 amide bonds. The molecule has 0 saturated carbocycles. The van der Waals surface area contributed by atoms with Gasteiger partial charge in [0.2, 0.25) is 0 Å². The number of aryl methyl sites for hydroxylation is 1. The summed E-state index contributed by atoms with van der Waals surface area (Å²) in [5.74, 6) is 0.412. The van der Waals surface area contributed by atoms with E-state index < -0.39 is 0 Å². The van der Waals surface area contributed by atoms with E-state index in [0.717, 1.165) is 10.0 Å². The Morgan fingerprint density at radius 2 is 2.31 bits per heavy atom. The van der Waals surface area contributed by atoms with Crippen molar-refractivity contribution in [2.45, 2.75) is 6.92 Å². The highest BCUT2D eigenvalue weighted by Gasteiger charge is 2.02. The van der Waals surface area contributed by atoms with E-state index in [9.17, 15) is 4.79 Å². The minimum atomic E-state index is -0.241. The molecule has 0 aromatic heterocycles. The Bertz CT molecular complexity index is 368. The molecule has 0 aliphatic carbocycles. The molecular formula is C11H14BrNO3. The molecule has 0 unspecified atom stereocenters. The third-order valence-electron chi connectivity index (χ3n) is 1.93. The van der Waals surface area contributed by atoms with Gasteiger partial charge in [-0.25, -0.2) is 0 Å². The van der Waals surface area contributed by atoms with Gasteiger partial charge >= 0.3 is 0 Å². The van der Waals surface area contributed by atoms with Gasteiger partial charge in [-0.15, -0.1) is 0 Å². The van der Waals surface area contributed by atoms with Crippen LogP contribution in [0.5, 0.6) is 5.75 Å². The number of hydrogen-bond donors (Lipinski definition) is 2. The maximum atomic E-state index is 11.2. The average molecular weight is 288 g/mol. The molecule has 0 fully saturated rings. The van der Waals surface area contributed by atoms with Gasteiger partial charge < -0.3 is 15.2 Å². The summed E-state index contributed by atoms with van der Waals surface area (Å²) in [4.78, 5) is 11.2. The van der Waals surface area contributed by atoms with Crippen molar-refractivity contribution in [2.24, 2.45) is 0 Å². The summed E-state index contributed by atoms with van der Waals surface area (Å²) >= 11 is 3.38. The highest BCUT2D eigenvalue weighted by atomic mass is 79.9. The van der Waals surface area contributed by atoms with Crippen LogP contribution in [0, 0.1) is 6.92 Å². The summed E-state index contributed by atoms with van der Waals surface area (Å²) in [6.45, 7) is 2.09. The zero-order valence-electron chi connectivity index (χ0n) is 9.00. The van der Waals surface area contributed by atoms with Crippen molar-refractivity contribution < 1.29 is 14.6 Å². The van der Waals surface area contributed by atoms with Crippen LogP contribution in [0.3, 0.4) is 0 Å². The van der Waals surface area contributed by atoms with Crippen molar-refractivity contribution in [3.05, 3.63) is 28.2 Å². The molecule has 16 heavy (non-hydrogen) atoms. The molecule has 0 saturated heterocycles. The van der Waals surface area contributed by atoms with Crippen LogP contribution in [-0.4, -0.2) is 30.8 Å². The fourth-order valence-electron chi connectivity index (χ4n) is 1.10. The van der Waals surface area contributed by atoms with Gasteiger partial charge in [0.15, 0.2) is 6.61 Å². The standard InChI is InChI=1S/C11H14BrNO3/c1-8-6-9(2-3-10(8)12)16-7-11(15)13-4-5-14/h2-3,6,14H,4-5,7H2,1H3,(H,13,15). The van der Waals surface area contributed by atoms with E-state index in [-0.39, 0.29) is 25.7 Å². The topological polar surface area (TPSA) is 58.6 Å². The van der Waals surface area contributed by atoms with Gasteiger partial charge in [0.25, 0.3) is 5.91 Å². The van der Waals surface area contributed by atoms with Crippen molar-refractivity contribution in [3.63, 3.8) is 0 Å². The van der Waals surface area contributed by atoms with Crippen LogP contribution in [0.4, 0.5) is 0 Å². The van der Waals surface area contributed by atoms with Crippen molar-refractivity contribution in [2.75, 3.05) is 19.8 Å². The van der Waals surface area contributed by atoms with Crippen LogP contribution in [0.25, 0.3) is 0 Å². The summed E-state index contributed by atoms with van der Waals surface area (Å²) < 4.78 is 6.29. The number of hydrogen-bond acceptors (Lipinski definition) is 3. The Morgan fingerprint density at radius 1 is 1.56 bits per heavy atom. The molecule has 2 N–H and O–H groups in total. The van der Waals surface area contributed by atoms with Gasteiger partial charge in [0.1, 0.15) is 5.75 Å². The van der Waals surface area contributed by atoms with Gasteiger partial charge in [-0.3, -0.25) is 4.79 Å². The number of ether oxygens (including phenoxy) is 1. The first-order valence-electron chi connectivity index (χ1n) is 4.90. The van der Waals surface area contributed by atoms with E-state index in [0.29, 0.717) is 5.75 Å². The average Bonchev–Trinajstić information content (AvgIpc) is 2.28. The first kappa shape index (κ1) is 13.0. The van der Waals surface area contributed by atoms with E-state index in [2.05, 4.69) is 21.2 Å². The maximum absolute atomic E-state index is 11.2. The number of halogens is 1. The fraction of sp³-hybridized carbons (Fsp3) is 0.364. The molecule has 1 aromatic rings. The maximum Gasteiger partial charge on any atom is 0.258 e. The van der Waals surface area contributed by atoms with Gasteiger partial charge in [-0.1, -0.05) is 15.9 Å². The van der Waals surface area contributed by atoms with Crippen LogP contribution >= 0.6 is 15.9 Å². The summed E-state index contributed by atoms with van der Waals surface area (Å²) in [5, 5.41) is 11.0. The quantitative estimate of drug-likeness (QED) is 0.857. The molecule has 4 nitrogen and oxygen atoms in total. The predicted molar refractivity (Wildman–Crippen MR) is 64.5 cm³/mol. The predicted octanol–water partition coefficient (Wildman–Crippen LogP) is 1.24. The van der Waals surface area contributed by atoms with Crippen LogP contribution < -0.4 is 10.1 Å². The van der Waals surface area contributed by atoms with E-state index >= 15 is 0 Å². The van der Waals surface area contributed by atoms with Crippen LogP contribution in [-0.2, 0) is 4.79 Å². The summed E-state index contributed by atoms with van der Waals surface area (Å²) in [5.41, 5.74) is 1.05. The molecule has 0 atom stereocenters. The Labute approximate surface area is 103 Å². The molecule has 0 aliphatic heterocycles. The first-order valence-corrected chi connectivity index (χ1v) is 5.69. The summed E-state index contributed by atoms with van der Waals surface area (Å²) in [6.07, 6.45) is 0. The number of benzene rings is 1. The second-order valence-electron chi connectivity index (χ2n) is 3.27. The third-order valence-corrected chi connectivity index (χ3v) is 2.82. The van der Waals surface area contributed by atoms with Gasteiger partial charge in [-0.05, 0) is 30.7 Å². The molecule has 0 bridgehead atoms. The van der Waals surface area contributed by atoms with Crippen LogP contribution in [0.15, 0.2) is 22.7 Å². The number of nitrogens with one attached hydrogen (secondary N) is 1. The molecule has 1 aromatic carbocycles. The Kier molecular flexibility index (Phi) is 5.28. The van der Waals surface area contributed by atoms with Crippen molar-refractivity contribution in [1.82, 2.24) is 5.32 Å². The zero-order valence-corrected chi connectivity index (χ0v) is 10.6. The Balaban J connectivity index is 2.42. The van der Waals surface area contributed by atoms with Crippen LogP contribution in [0.2, 0.25) is 0 Å². The second-order valence-corrected chi connectivity index (χ2v) is 4.13. The first-order chi connectivity index (χ1) is 7.63. The second kappa shape index (κ2) is 6.50. The highest BCUT2D eigenvalue weighted by Crippen LogP contribution is 2.21. The third kappa shape index (κ3) is 4.20. The molecule has 1 rings (SSSR count). The molecule has 0 spiro atoms. The number of carbonyl (C=O) groups excluding carboxylic acids is 1. The molecule has 0 heterocycles. The minimum absolute atomic E-state index is 0.0406. The van der Waals surface area contributed by atoms with Crippen molar-refractivity contribution in [1.29, 1.82) is 0 Å². The number of rotatable bonds is 5. The Hall–Kier alpha value is -1.07. The fourth-order valence-corrected chi connectivity index (χ4v) is 1.35. The molecular weight excluding hydrogens is 274 g/mol. The van der Waals surface area contributed by atoms with Crippen molar-refractivity contribution in [3.8, 4) is 5.75 Å². The van der Waals surface area contributed by atoms with Gasteiger partial charge in [-0.2, -0.15) is 0 Å². The lowest BCUT2D eigenvalue weighted by Gasteiger charge is -2.07.